The summed E-state index contributed by atoms with van der Waals surface area (Å²) in [7, 11) is 0. The maximum atomic E-state index is 5.82. The van der Waals surface area contributed by atoms with Gasteiger partial charge in [-0.1, -0.05) is 36.4 Å². The van der Waals surface area contributed by atoms with Crippen LogP contribution in [0.3, 0.4) is 0 Å². The molecule has 0 aliphatic heterocycles. The number of hydrogen-bond donors (Lipinski definition) is 1. The van der Waals surface area contributed by atoms with Crippen LogP contribution in [0, 0.1) is 0 Å². The Morgan fingerprint density at radius 1 is 0.950 bits per heavy atom. The SMILES string of the molecule is CCNc1cccc(Oc2ccc3ccccc3c2)n1. The van der Waals surface area contributed by atoms with E-state index in [1.165, 1.54) is 5.39 Å². The van der Waals surface area contributed by atoms with Gasteiger partial charge in [0.15, 0.2) is 0 Å². The monoisotopic (exact) mass is 264 g/mol. The second-order valence-electron chi connectivity index (χ2n) is 4.50. The molecule has 0 bridgehead atoms. The molecule has 1 N–H and O–H groups in total. The molecule has 0 fully saturated rings. The van der Waals surface area contributed by atoms with Crippen molar-refractivity contribution in [1.29, 1.82) is 0 Å². The first-order valence-electron chi connectivity index (χ1n) is 6.73. The molecule has 0 aliphatic carbocycles. The van der Waals surface area contributed by atoms with E-state index in [0.29, 0.717) is 5.88 Å². The van der Waals surface area contributed by atoms with Crippen LogP contribution in [-0.4, -0.2) is 11.5 Å². The van der Waals surface area contributed by atoms with Crippen LogP contribution in [0.2, 0.25) is 0 Å². The zero-order valence-corrected chi connectivity index (χ0v) is 11.3. The molecule has 1 heterocycles. The Morgan fingerprint density at radius 3 is 2.65 bits per heavy atom. The van der Waals surface area contributed by atoms with E-state index in [9.17, 15) is 0 Å². The van der Waals surface area contributed by atoms with Crippen LogP contribution >= 0.6 is 0 Å². The van der Waals surface area contributed by atoms with E-state index in [1.807, 2.05) is 49.4 Å². The number of rotatable bonds is 4. The fourth-order valence-electron chi connectivity index (χ4n) is 2.10. The Bertz CT molecular complexity index is 725. The van der Waals surface area contributed by atoms with E-state index in [0.717, 1.165) is 23.5 Å². The van der Waals surface area contributed by atoms with Gasteiger partial charge < -0.3 is 10.1 Å². The molecule has 0 aliphatic rings. The van der Waals surface area contributed by atoms with E-state index >= 15 is 0 Å². The molecular weight excluding hydrogens is 248 g/mol. The van der Waals surface area contributed by atoms with Gasteiger partial charge in [-0.25, -0.2) is 0 Å². The van der Waals surface area contributed by atoms with Crippen molar-refractivity contribution in [3.05, 3.63) is 60.7 Å². The summed E-state index contributed by atoms with van der Waals surface area (Å²) in [5.41, 5.74) is 0. The van der Waals surface area contributed by atoms with Gasteiger partial charge >= 0.3 is 0 Å². The highest BCUT2D eigenvalue weighted by molar-refractivity contribution is 5.83. The number of nitrogens with one attached hydrogen (secondary N) is 1. The lowest BCUT2D eigenvalue weighted by Crippen LogP contribution is -1.99. The van der Waals surface area contributed by atoms with Crippen molar-refractivity contribution in [2.45, 2.75) is 6.92 Å². The Hall–Kier alpha value is -2.55. The van der Waals surface area contributed by atoms with Gasteiger partial charge in [-0.15, -0.1) is 0 Å². The van der Waals surface area contributed by atoms with E-state index in [-0.39, 0.29) is 0 Å². The van der Waals surface area contributed by atoms with Crippen LogP contribution in [0.5, 0.6) is 11.6 Å². The van der Waals surface area contributed by atoms with Crippen molar-refractivity contribution in [2.75, 3.05) is 11.9 Å². The van der Waals surface area contributed by atoms with Crippen LogP contribution in [0.15, 0.2) is 60.7 Å². The first-order chi connectivity index (χ1) is 9.85. The molecular formula is C17H16N2O. The Morgan fingerprint density at radius 2 is 1.80 bits per heavy atom. The van der Waals surface area contributed by atoms with Gasteiger partial charge in [0.25, 0.3) is 0 Å². The van der Waals surface area contributed by atoms with Gasteiger partial charge in [0.2, 0.25) is 5.88 Å². The van der Waals surface area contributed by atoms with E-state index in [4.69, 9.17) is 4.74 Å². The van der Waals surface area contributed by atoms with Crippen molar-refractivity contribution in [2.24, 2.45) is 0 Å². The minimum absolute atomic E-state index is 0.596. The number of benzene rings is 2. The highest BCUT2D eigenvalue weighted by Crippen LogP contribution is 2.25. The van der Waals surface area contributed by atoms with E-state index < -0.39 is 0 Å². The summed E-state index contributed by atoms with van der Waals surface area (Å²) in [5.74, 6) is 2.22. The number of pyridine rings is 1. The number of anilines is 1. The van der Waals surface area contributed by atoms with Gasteiger partial charge in [-0.3, -0.25) is 0 Å². The normalized spacial score (nSPS) is 10.4. The third kappa shape index (κ3) is 2.72. The lowest BCUT2D eigenvalue weighted by Gasteiger charge is -2.08. The lowest BCUT2D eigenvalue weighted by atomic mass is 10.1. The average molecular weight is 264 g/mol. The van der Waals surface area contributed by atoms with Gasteiger partial charge in [-0.2, -0.15) is 4.98 Å². The van der Waals surface area contributed by atoms with Crippen molar-refractivity contribution < 1.29 is 4.74 Å². The summed E-state index contributed by atoms with van der Waals surface area (Å²) in [6, 6.07) is 20.0. The third-order valence-electron chi connectivity index (χ3n) is 3.02. The summed E-state index contributed by atoms with van der Waals surface area (Å²) in [4.78, 5) is 4.40. The Balaban J connectivity index is 1.87. The molecule has 3 aromatic rings. The quantitative estimate of drug-likeness (QED) is 0.755. The van der Waals surface area contributed by atoms with Crippen molar-refractivity contribution >= 4 is 16.6 Å². The molecule has 0 saturated carbocycles. The summed E-state index contributed by atoms with van der Waals surface area (Å²) < 4.78 is 5.82. The zero-order valence-electron chi connectivity index (χ0n) is 11.3. The predicted molar refractivity (Wildman–Crippen MR) is 82.4 cm³/mol. The summed E-state index contributed by atoms with van der Waals surface area (Å²) in [6.45, 7) is 2.88. The standard InChI is InChI=1S/C17H16N2O/c1-2-18-16-8-5-9-17(19-16)20-15-11-10-13-6-3-4-7-14(13)12-15/h3-12H,2H2,1H3,(H,18,19). The molecule has 20 heavy (non-hydrogen) atoms. The Kier molecular flexibility index (Phi) is 3.50. The number of hydrogen-bond acceptors (Lipinski definition) is 3. The first-order valence-corrected chi connectivity index (χ1v) is 6.73. The van der Waals surface area contributed by atoms with Crippen LogP contribution in [0.25, 0.3) is 10.8 Å². The smallest absolute Gasteiger partial charge is 0.221 e. The lowest BCUT2D eigenvalue weighted by molar-refractivity contribution is 0.464. The minimum Gasteiger partial charge on any atom is -0.439 e. The summed E-state index contributed by atoms with van der Waals surface area (Å²) in [6.07, 6.45) is 0. The molecule has 0 amide bonds. The highest BCUT2D eigenvalue weighted by Gasteiger charge is 2.01. The molecule has 0 radical (unpaired) electrons. The molecule has 3 rings (SSSR count). The van der Waals surface area contributed by atoms with Crippen LogP contribution in [-0.2, 0) is 0 Å². The predicted octanol–water partition coefficient (Wildman–Crippen LogP) is 4.46. The van der Waals surface area contributed by atoms with Crippen LogP contribution < -0.4 is 10.1 Å². The molecule has 2 aromatic carbocycles. The molecule has 1 aromatic heterocycles. The molecule has 0 spiro atoms. The molecule has 0 unspecified atom stereocenters. The average Bonchev–Trinajstić information content (AvgIpc) is 2.48. The van der Waals surface area contributed by atoms with Gasteiger partial charge in [0.05, 0.1) is 0 Å². The summed E-state index contributed by atoms with van der Waals surface area (Å²) >= 11 is 0. The van der Waals surface area contributed by atoms with Gasteiger partial charge in [0, 0.05) is 12.6 Å². The zero-order chi connectivity index (χ0) is 13.8. The van der Waals surface area contributed by atoms with Crippen molar-refractivity contribution in [3.63, 3.8) is 0 Å². The fourth-order valence-corrected chi connectivity index (χ4v) is 2.10. The first kappa shape index (κ1) is 12.5. The molecule has 3 heteroatoms. The third-order valence-corrected chi connectivity index (χ3v) is 3.02. The largest absolute Gasteiger partial charge is 0.439 e. The summed E-state index contributed by atoms with van der Waals surface area (Å²) in [5, 5.41) is 5.54. The van der Waals surface area contributed by atoms with Crippen molar-refractivity contribution in [1.82, 2.24) is 4.98 Å². The topological polar surface area (TPSA) is 34.1 Å². The number of aromatic nitrogens is 1. The van der Waals surface area contributed by atoms with E-state index in [2.05, 4.69) is 28.5 Å². The molecule has 100 valence electrons. The Labute approximate surface area is 118 Å². The van der Waals surface area contributed by atoms with E-state index in [1.54, 1.807) is 0 Å². The van der Waals surface area contributed by atoms with Gasteiger partial charge in [0.1, 0.15) is 11.6 Å². The number of ether oxygens (including phenoxy) is 1. The van der Waals surface area contributed by atoms with Crippen LogP contribution in [0.4, 0.5) is 5.82 Å². The minimum atomic E-state index is 0.596. The molecule has 0 atom stereocenters. The van der Waals surface area contributed by atoms with Gasteiger partial charge in [-0.05, 0) is 35.9 Å². The second kappa shape index (κ2) is 5.61. The molecule has 3 nitrogen and oxygen atoms in total. The number of fused-ring (bicyclic) bond motifs is 1. The second-order valence-corrected chi connectivity index (χ2v) is 4.50. The number of nitrogens with zero attached hydrogens (tertiary/aromatic N) is 1. The highest BCUT2D eigenvalue weighted by atomic mass is 16.5. The molecule has 0 saturated heterocycles. The van der Waals surface area contributed by atoms with Crippen LogP contribution in [0.1, 0.15) is 6.92 Å². The van der Waals surface area contributed by atoms with Crippen molar-refractivity contribution in [3.8, 4) is 11.6 Å². The fraction of sp³-hybridized carbons (Fsp3) is 0.118. The maximum Gasteiger partial charge on any atom is 0.221 e. The maximum absolute atomic E-state index is 5.82.